The van der Waals surface area contributed by atoms with Crippen LogP contribution in [-0.4, -0.2) is 209 Å². The number of anilines is 2. The van der Waals surface area contributed by atoms with Gasteiger partial charge in [0.2, 0.25) is 11.8 Å². The maximum absolute atomic E-state index is 13.8. The number of amides is 6. The van der Waals surface area contributed by atoms with Crippen LogP contribution in [0.25, 0.3) is 0 Å². The number of nitrogens with zero attached hydrogens (tertiary/aromatic N) is 4. The Hall–Kier alpha value is -0.463. The summed E-state index contributed by atoms with van der Waals surface area (Å²) in [5.41, 5.74) is 0.834. The maximum Gasteiger partial charge on any atom is 0.255 e. The highest BCUT2D eigenvalue weighted by Gasteiger charge is 2.34. The fourth-order valence-electron chi connectivity index (χ4n) is 6.87. The zero-order valence-corrected chi connectivity index (χ0v) is 52.7. The van der Waals surface area contributed by atoms with Gasteiger partial charge in [-0.25, -0.2) is 0 Å². The van der Waals surface area contributed by atoms with Gasteiger partial charge in [0.25, 0.3) is 23.6 Å². The van der Waals surface area contributed by atoms with Gasteiger partial charge in [-0.15, -0.1) is 0 Å². The van der Waals surface area contributed by atoms with Crippen molar-refractivity contribution >= 4 is 190 Å². The van der Waals surface area contributed by atoms with Gasteiger partial charge in [-0.2, -0.15) is 0 Å². The Kier molecular flexibility index (Phi) is 28.3. The highest BCUT2D eigenvalue weighted by atomic mass is 127. The molecule has 0 spiro atoms. The first-order chi connectivity index (χ1) is 32.1. The molecular weight excluding hydrogens is 1600 g/mol. The monoisotopic (exact) mass is 1660 g/mol. The molecule has 0 bridgehead atoms. The number of halogens is 6. The molecular formula is C42H60I6N6O14Si. The number of hydrogen-bond donors (Lipinski definition) is 10. The van der Waals surface area contributed by atoms with Crippen molar-refractivity contribution in [1.82, 2.24) is 19.6 Å². The third-order valence-electron chi connectivity index (χ3n) is 10.7. The third kappa shape index (κ3) is 18.4. The van der Waals surface area contributed by atoms with Gasteiger partial charge < -0.3 is 71.1 Å². The summed E-state index contributed by atoms with van der Waals surface area (Å²) >= 11 is 11.5. The zero-order chi connectivity index (χ0) is 52.8. The van der Waals surface area contributed by atoms with E-state index in [1.165, 1.54) is 47.8 Å². The van der Waals surface area contributed by atoms with Crippen LogP contribution in [0.5, 0.6) is 0 Å². The molecule has 0 aliphatic rings. The number of rotatable bonds is 26. The van der Waals surface area contributed by atoms with Crippen molar-refractivity contribution in [2.45, 2.75) is 75.3 Å². The van der Waals surface area contributed by atoms with Crippen molar-refractivity contribution in [2.75, 3.05) is 91.4 Å². The van der Waals surface area contributed by atoms with Crippen molar-refractivity contribution in [3.63, 3.8) is 0 Å². The highest BCUT2D eigenvalue weighted by molar-refractivity contribution is 14.1. The Morgan fingerprint density at radius 3 is 0.870 bits per heavy atom. The molecule has 2 rings (SSSR count). The lowest BCUT2D eigenvalue weighted by molar-refractivity contribution is -0.117. The van der Waals surface area contributed by atoms with Crippen molar-refractivity contribution in [3.8, 4) is 0 Å². The molecule has 0 fully saturated rings. The predicted molar refractivity (Wildman–Crippen MR) is 312 cm³/mol. The molecule has 0 heterocycles. The molecule has 6 amide bonds. The van der Waals surface area contributed by atoms with E-state index in [-0.39, 0.29) is 91.6 Å². The van der Waals surface area contributed by atoms with Gasteiger partial charge in [0.15, 0.2) is 0 Å². The first-order valence-corrected chi connectivity index (χ1v) is 31.2. The van der Waals surface area contributed by atoms with Crippen LogP contribution in [0.3, 0.4) is 0 Å². The van der Waals surface area contributed by atoms with Crippen LogP contribution >= 0.6 is 136 Å². The number of carbonyl (C=O) groups excluding carboxylic acids is 6. The lowest BCUT2D eigenvalue weighted by Crippen LogP contribution is -2.39. The molecule has 20 nitrogen and oxygen atoms in total. The quantitative estimate of drug-likeness (QED) is 0.0479. The number of likely N-dealkylation sites (N-methyl/N-ethyl adjacent to an activating group) is 4. The summed E-state index contributed by atoms with van der Waals surface area (Å²) in [6.45, 7) is 1.12. The van der Waals surface area contributed by atoms with Crippen LogP contribution in [0, 0.1) is 21.4 Å². The van der Waals surface area contributed by atoms with Gasteiger partial charge >= 0.3 is 0 Å². The van der Waals surface area contributed by atoms with Gasteiger partial charge in [0, 0.05) is 82.4 Å². The SMILES string of the molecule is CN(CC(O)CO)C(=O)c1c(I)c(NC(=O)CCC[Si](C)(C)CCCC(=O)Nc2c(I)c(C(=O)N(C)CC(O)CO)c(I)c(C(=O)N(C)CC(O)CO)c2I)c(I)c(C(=O)N(C)CC(O)CO)c1I. The Balaban J connectivity index is 2.32. The Bertz CT molecular complexity index is 1930. The van der Waals surface area contributed by atoms with Crippen LogP contribution in [0.1, 0.15) is 67.1 Å². The highest BCUT2D eigenvalue weighted by Crippen LogP contribution is 2.39. The summed E-state index contributed by atoms with van der Waals surface area (Å²) in [5.74, 6) is -3.02. The summed E-state index contributed by atoms with van der Waals surface area (Å²) in [6.07, 6.45) is -3.69. The molecule has 0 aliphatic carbocycles. The molecule has 0 aliphatic heterocycles. The number of hydrogen-bond acceptors (Lipinski definition) is 14. The van der Waals surface area contributed by atoms with E-state index in [0.717, 1.165) is 0 Å². The Labute approximate surface area is 484 Å². The zero-order valence-electron chi connectivity index (χ0n) is 38.8. The van der Waals surface area contributed by atoms with Crippen molar-refractivity contribution in [1.29, 1.82) is 0 Å². The second-order valence-electron chi connectivity index (χ2n) is 17.2. The number of carbonyl (C=O) groups is 6. The third-order valence-corrected chi connectivity index (χ3v) is 20.6. The molecule has 10 N–H and O–H groups in total. The molecule has 27 heteroatoms. The van der Waals surface area contributed by atoms with Crippen molar-refractivity contribution < 1.29 is 69.6 Å². The van der Waals surface area contributed by atoms with Gasteiger partial charge in [0.05, 0.1) is 98.8 Å². The van der Waals surface area contributed by atoms with Crippen molar-refractivity contribution in [3.05, 3.63) is 43.7 Å². The molecule has 388 valence electrons. The second kappa shape index (κ2) is 30.2. The molecule has 2 aromatic carbocycles. The molecule has 4 atom stereocenters. The topological polar surface area (TPSA) is 301 Å². The van der Waals surface area contributed by atoms with Crippen LogP contribution < -0.4 is 10.6 Å². The van der Waals surface area contributed by atoms with Crippen molar-refractivity contribution in [2.24, 2.45) is 0 Å². The minimum atomic E-state index is -2.01. The summed E-state index contributed by atoms with van der Waals surface area (Å²) in [6, 6.07) is 1.43. The summed E-state index contributed by atoms with van der Waals surface area (Å²) in [5, 5.41) is 83.6. The van der Waals surface area contributed by atoms with Gasteiger partial charge in [0.1, 0.15) is 0 Å². The molecule has 0 radical (unpaired) electrons. The molecule has 0 aromatic heterocycles. The van der Waals surface area contributed by atoms with Crippen LogP contribution in [0.4, 0.5) is 11.4 Å². The predicted octanol–water partition coefficient (Wildman–Crippen LogP) is 2.86. The first kappa shape index (κ1) is 64.7. The molecule has 0 saturated heterocycles. The van der Waals surface area contributed by atoms with E-state index in [1.807, 2.05) is 136 Å². The van der Waals surface area contributed by atoms with E-state index in [4.69, 9.17) is 0 Å². The van der Waals surface area contributed by atoms with Gasteiger partial charge in [-0.05, 0) is 148 Å². The average Bonchev–Trinajstić information content (AvgIpc) is 3.28. The van der Waals surface area contributed by atoms with E-state index >= 15 is 0 Å². The van der Waals surface area contributed by atoms with Crippen LogP contribution in [0.2, 0.25) is 25.2 Å². The average molecular weight is 1660 g/mol. The van der Waals surface area contributed by atoms with E-state index in [9.17, 15) is 69.6 Å². The standard InChI is InChI=1S/C42H60I6N6O14Si/c1-51(13-21(59)17-55)39(65)27-31(43)28(40(66)52(2)14-22(60)18-56)34(46)37(33(27)45)49-25(63)9-7-11-69(5,6)12-8-10-26(64)50-38-35(47)29(41(67)53(3)15-23(61)19-57)32(44)30(36(38)48)42(68)54(4)16-24(62)20-58/h21-24,55-62H,7-20H2,1-6H3,(H,49,63)(H,50,64). The lowest BCUT2D eigenvalue weighted by atomic mass is 10.1. The molecule has 4 unspecified atom stereocenters. The fraction of sp³-hybridized carbons (Fsp3) is 0.571. The lowest BCUT2D eigenvalue weighted by Gasteiger charge is -2.26. The summed E-state index contributed by atoms with van der Waals surface area (Å²) in [7, 11) is 3.72. The normalized spacial score (nSPS) is 13.3. The summed E-state index contributed by atoms with van der Waals surface area (Å²) in [4.78, 5) is 87.3. The molecule has 69 heavy (non-hydrogen) atoms. The van der Waals surface area contributed by atoms with E-state index in [1.54, 1.807) is 0 Å². The maximum atomic E-state index is 13.8. The minimum absolute atomic E-state index is 0.0936. The van der Waals surface area contributed by atoms with Crippen LogP contribution in [0.15, 0.2) is 0 Å². The number of nitrogens with one attached hydrogen (secondary N) is 2. The van der Waals surface area contributed by atoms with Gasteiger partial charge in [-0.1, -0.05) is 25.2 Å². The van der Waals surface area contributed by atoms with E-state index in [0.29, 0.717) is 39.2 Å². The molecule has 0 saturated carbocycles. The number of aliphatic hydroxyl groups is 8. The van der Waals surface area contributed by atoms with Crippen LogP contribution in [-0.2, 0) is 9.59 Å². The van der Waals surface area contributed by atoms with E-state index < -0.39 is 82.5 Å². The number of aliphatic hydroxyl groups excluding tert-OH is 8. The second-order valence-corrected chi connectivity index (χ2v) is 29.0. The van der Waals surface area contributed by atoms with Gasteiger partial charge in [-0.3, -0.25) is 28.8 Å². The largest absolute Gasteiger partial charge is 0.394 e. The van der Waals surface area contributed by atoms with E-state index in [2.05, 4.69) is 23.7 Å². The number of benzene rings is 2. The fourth-order valence-corrected chi connectivity index (χ4v) is 18.1. The minimum Gasteiger partial charge on any atom is -0.394 e. The smallest absolute Gasteiger partial charge is 0.255 e. The Morgan fingerprint density at radius 1 is 0.449 bits per heavy atom. The first-order valence-electron chi connectivity index (χ1n) is 21.3. The summed E-state index contributed by atoms with van der Waals surface area (Å²) < 4.78 is 1.94. The Morgan fingerprint density at radius 2 is 0.667 bits per heavy atom. The molecule has 2 aromatic rings.